The Bertz CT molecular complexity index is 800. The van der Waals surface area contributed by atoms with Gasteiger partial charge in [0.2, 0.25) is 0 Å². The van der Waals surface area contributed by atoms with Crippen LogP contribution >= 0.6 is 33.9 Å². The molecule has 4 nitrogen and oxygen atoms in total. The summed E-state index contributed by atoms with van der Waals surface area (Å²) in [4.78, 5) is 26.2. The van der Waals surface area contributed by atoms with Crippen LogP contribution in [0.4, 0.5) is 5.00 Å². The number of nitrogens with one attached hydrogen (secondary N) is 2. The molecule has 0 fully saturated rings. The Morgan fingerprint density at radius 2 is 2.00 bits per heavy atom. The van der Waals surface area contributed by atoms with Crippen LogP contribution in [-0.2, 0) is 12.8 Å². The highest BCUT2D eigenvalue weighted by Crippen LogP contribution is 2.39. The number of hydrogen-bond donors (Lipinski definition) is 2. The van der Waals surface area contributed by atoms with Crippen LogP contribution in [0, 0.1) is 9.49 Å². The highest BCUT2D eigenvalue weighted by Gasteiger charge is 2.28. The average molecular weight is 454 g/mol. The molecule has 2 amide bonds. The quantitative estimate of drug-likeness (QED) is 0.687. The molecule has 1 unspecified atom stereocenters. The second-order valence-corrected chi connectivity index (χ2v) is 8.34. The van der Waals surface area contributed by atoms with Crippen molar-refractivity contribution in [2.45, 2.75) is 26.2 Å². The van der Waals surface area contributed by atoms with E-state index in [0.29, 0.717) is 22.0 Å². The van der Waals surface area contributed by atoms with Crippen LogP contribution in [-0.4, -0.2) is 18.9 Å². The second-order valence-electron chi connectivity index (χ2n) is 6.07. The van der Waals surface area contributed by atoms with Crippen LogP contribution in [0.3, 0.4) is 0 Å². The molecule has 3 rings (SSSR count). The van der Waals surface area contributed by atoms with Gasteiger partial charge in [0.1, 0.15) is 5.00 Å². The fraction of sp³-hybridized carbons (Fsp3) is 0.333. The minimum atomic E-state index is -0.170. The first-order valence-electron chi connectivity index (χ1n) is 7.93. The van der Waals surface area contributed by atoms with Crippen LogP contribution in [0.5, 0.6) is 0 Å². The molecule has 0 spiro atoms. The topological polar surface area (TPSA) is 58.2 Å². The van der Waals surface area contributed by atoms with Gasteiger partial charge in [-0.3, -0.25) is 9.59 Å². The van der Waals surface area contributed by atoms with Crippen LogP contribution in [0.1, 0.15) is 44.5 Å². The lowest BCUT2D eigenvalue weighted by atomic mass is 9.88. The molecule has 2 N–H and O–H groups in total. The van der Waals surface area contributed by atoms with E-state index < -0.39 is 0 Å². The number of carbonyl (C=O) groups excluding carboxylic acids is 2. The molecule has 1 aromatic heterocycles. The Labute approximate surface area is 159 Å². The van der Waals surface area contributed by atoms with E-state index >= 15 is 0 Å². The van der Waals surface area contributed by atoms with Gasteiger partial charge < -0.3 is 10.6 Å². The third kappa shape index (κ3) is 3.35. The number of fused-ring (bicyclic) bond motifs is 1. The molecule has 126 valence electrons. The summed E-state index contributed by atoms with van der Waals surface area (Å²) < 4.78 is 0.893. The SMILES string of the molecule is CNC(=O)c1c(NC(=O)c2ccccc2I)sc2c1CCC(C)C2. The van der Waals surface area contributed by atoms with Gasteiger partial charge in [-0.25, -0.2) is 0 Å². The summed E-state index contributed by atoms with van der Waals surface area (Å²) in [5, 5.41) is 6.34. The van der Waals surface area contributed by atoms with Gasteiger partial charge >= 0.3 is 0 Å². The minimum Gasteiger partial charge on any atom is -0.355 e. The summed E-state index contributed by atoms with van der Waals surface area (Å²) >= 11 is 3.69. The lowest BCUT2D eigenvalue weighted by molar-refractivity contribution is 0.0963. The van der Waals surface area contributed by atoms with Crippen molar-refractivity contribution in [2.24, 2.45) is 5.92 Å². The fourth-order valence-corrected chi connectivity index (χ4v) is 5.06. The maximum Gasteiger partial charge on any atom is 0.257 e. The molecular formula is C18H19IN2O2S. The van der Waals surface area contributed by atoms with Crippen molar-refractivity contribution in [3.8, 4) is 0 Å². The maximum absolute atomic E-state index is 12.6. The molecule has 1 aliphatic rings. The summed E-state index contributed by atoms with van der Waals surface area (Å²) in [7, 11) is 1.63. The van der Waals surface area contributed by atoms with E-state index in [1.165, 1.54) is 4.88 Å². The summed E-state index contributed by atoms with van der Waals surface area (Å²) in [5.41, 5.74) is 2.37. The van der Waals surface area contributed by atoms with Crippen molar-refractivity contribution in [1.82, 2.24) is 5.32 Å². The zero-order valence-electron chi connectivity index (χ0n) is 13.6. The molecular weight excluding hydrogens is 435 g/mol. The van der Waals surface area contributed by atoms with E-state index in [9.17, 15) is 9.59 Å². The summed E-state index contributed by atoms with van der Waals surface area (Å²) in [5.74, 6) is 0.323. The van der Waals surface area contributed by atoms with E-state index in [1.54, 1.807) is 24.5 Å². The molecule has 0 saturated carbocycles. The Morgan fingerprint density at radius 3 is 2.71 bits per heavy atom. The van der Waals surface area contributed by atoms with Gasteiger partial charge in [0, 0.05) is 15.5 Å². The molecule has 0 radical (unpaired) electrons. The summed E-state index contributed by atoms with van der Waals surface area (Å²) in [6.45, 7) is 2.23. The predicted molar refractivity (Wildman–Crippen MR) is 106 cm³/mol. The average Bonchev–Trinajstić information content (AvgIpc) is 2.91. The normalized spacial score (nSPS) is 16.4. The molecule has 1 aliphatic carbocycles. The predicted octanol–water partition coefficient (Wildman–Crippen LogP) is 4.09. The lowest BCUT2D eigenvalue weighted by Gasteiger charge is -2.18. The van der Waals surface area contributed by atoms with Crippen molar-refractivity contribution >= 4 is 50.7 Å². The largest absolute Gasteiger partial charge is 0.355 e. The van der Waals surface area contributed by atoms with Gasteiger partial charge in [0.05, 0.1) is 11.1 Å². The number of anilines is 1. The Kier molecular flexibility index (Phi) is 5.24. The summed E-state index contributed by atoms with van der Waals surface area (Å²) in [6, 6.07) is 7.44. The zero-order valence-corrected chi connectivity index (χ0v) is 16.6. The van der Waals surface area contributed by atoms with Gasteiger partial charge in [-0.15, -0.1) is 11.3 Å². The van der Waals surface area contributed by atoms with Crippen molar-refractivity contribution in [2.75, 3.05) is 12.4 Å². The number of amides is 2. The lowest BCUT2D eigenvalue weighted by Crippen LogP contribution is -2.23. The van der Waals surface area contributed by atoms with Gasteiger partial charge in [-0.05, 0) is 65.5 Å². The van der Waals surface area contributed by atoms with Crippen LogP contribution in [0.25, 0.3) is 0 Å². The second kappa shape index (κ2) is 7.23. The van der Waals surface area contributed by atoms with Gasteiger partial charge in [0.15, 0.2) is 0 Å². The molecule has 2 aromatic rings. The molecule has 1 heterocycles. The summed E-state index contributed by atoms with van der Waals surface area (Å²) in [6.07, 6.45) is 2.95. The molecule has 1 aromatic carbocycles. The van der Waals surface area contributed by atoms with Crippen LogP contribution < -0.4 is 10.6 Å². The number of thiophene rings is 1. The monoisotopic (exact) mass is 454 g/mol. The molecule has 1 atom stereocenters. The van der Waals surface area contributed by atoms with Crippen molar-refractivity contribution in [3.63, 3.8) is 0 Å². The van der Waals surface area contributed by atoms with E-state index in [0.717, 1.165) is 28.4 Å². The number of benzene rings is 1. The zero-order chi connectivity index (χ0) is 17.3. The van der Waals surface area contributed by atoms with Crippen molar-refractivity contribution < 1.29 is 9.59 Å². The first-order valence-corrected chi connectivity index (χ1v) is 9.83. The van der Waals surface area contributed by atoms with Crippen LogP contribution in [0.15, 0.2) is 24.3 Å². The first-order chi connectivity index (χ1) is 11.5. The number of carbonyl (C=O) groups is 2. The standard InChI is InChI=1S/C18H19IN2O2S/c1-10-7-8-12-14(9-10)24-18(15(12)17(23)20-2)21-16(22)11-5-3-4-6-13(11)19/h3-6,10H,7-9H2,1-2H3,(H,20,23)(H,21,22). The van der Waals surface area contributed by atoms with Gasteiger partial charge in [-0.1, -0.05) is 19.1 Å². The highest BCUT2D eigenvalue weighted by atomic mass is 127. The van der Waals surface area contributed by atoms with Gasteiger partial charge in [0.25, 0.3) is 11.8 Å². The van der Waals surface area contributed by atoms with Gasteiger partial charge in [-0.2, -0.15) is 0 Å². The Morgan fingerprint density at radius 1 is 1.25 bits per heavy atom. The van der Waals surface area contributed by atoms with Crippen molar-refractivity contribution in [1.29, 1.82) is 0 Å². The smallest absolute Gasteiger partial charge is 0.257 e. The van der Waals surface area contributed by atoms with Crippen molar-refractivity contribution in [3.05, 3.63) is 49.4 Å². The molecule has 0 bridgehead atoms. The Hall–Kier alpha value is -1.41. The third-order valence-corrected chi connectivity index (χ3v) is 6.42. The molecule has 6 heteroatoms. The number of halogens is 1. The highest BCUT2D eigenvalue weighted by molar-refractivity contribution is 14.1. The molecule has 0 saturated heterocycles. The number of rotatable bonds is 3. The molecule has 24 heavy (non-hydrogen) atoms. The van der Waals surface area contributed by atoms with E-state index in [-0.39, 0.29) is 11.8 Å². The third-order valence-electron chi connectivity index (χ3n) is 4.31. The maximum atomic E-state index is 12.6. The van der Waals surface area contributed by atoms with Crippen LogP contribution in [0.2, 0.25) is 0 Å². The number of hydrogen-bond acceptors (Lipinski definition) is 3. The molecule has 0 aliphatic heterocycles. The minimum absolute atomic E-state index is 0.125. The van der Waals surface area contributed by atoms with E-state index in [4.69, 9.17) is 0 Å². The first kappa shape index (κ1) is 17.4. The Balaban J connectivity index is 1.97. The fourth-order valence-electron chi connectivity index (χ4n) is 3.02. The van der Waals surface area contributed by atoms with E-state index in [2.05, 4.69) is 40.1 Å². The van der Waals surface area contributed by atoms with E-state index in [1.807, 2.05) is 18.2 Å².